The zero-order valence-electron chi connectivity index (χ0n) is 8.67. The fourth-order valence-electron chi connectivity index (χ4n) is 1.98. The number of fused-ring (bicyclic) bond motifs is 1. The SMILES string of the molecule is CCOc1noc2c1C(NC)CCC2. The topological polar surface area (TPSA) is 47.3 Å². The molecule has 4 heteroatoms. The molecule has 0 bridgehead atoms. The van der Waals surface area contributed by atoms with Gasteiger partial charge < -0.3 is 14.6 Å². The maximum atomic E-state index is 5.43. The summed E-state index contributed by atoms with van der Waals surface area (Å²) >= 11 is 0. The molecule has 1 heterocycles. The number of nitrogens with one attached hydrogen (secondary N) is 1. The Hall–Kier alpha value is -1.03. The van der Waals surface area contributed by atoms with Crippen molar-refractivity contribution in [3.8, 4) is 5.88 Å². The molecule has 1 aliphatic rings. The quantitative estimate of drug-likeness (QED) is 0.798. The van der Waals surface area contributed by atoms with Crippen LogP contribution in [0.25, 0.3) is 0 Å². The largest absolute Gasteiger partial charge is 0.476 e. The molecule has 4 nitrogen and oxygen atoms in total. The number of nitrogens with zero attached hydrogens (tertiary/aromatic N) is 1. The summed E-state index contributed by atoms with van der Waals surface area (Å²) in [5.74, 6) is 1.65. The van der Waals surface area contributed by atoms with E-state index in [0.29, 0.717) is 18.5 Å². The van der Waals surface area contributed by atoms with Crippen molar-refractivity contribution >= 4 is 0 Å². The summed E-state index contributed by atoms with van der Waals surface area (Å²) in [7, 11) is 1.96. The van der Waals surface area contributed by atoms with Crippen LogP contribution in [0.2, 0.25) is 0 Å². The van der Waals surface area contributed by atoms with E-state index < -0.39 is 0 Å². The minimum Gasteiger partial charge on any atom is -0.476 e. The summed E-state index contributed by atoms with van der Waals surface area (Å²) in [6.45, 7) is 2.59. The van der Waals surface area contributed by atoms with E-state index in [1.807, 2.05) is 14.0 Å². The van der Waals surface area contributed by atoms with Gasteiger partial charge in [-0.2, -0.15) is 0 Å². The third-order valence-corrected chi connectivity index (χ3v) is 2.64. The lowest BCUT2D eigenvalue weighted by atomic mass is 9.93. The minimum atomic E-state index is 0.339. The Morgan fingerprint density at radius 3 is 3.21 bits per heavy atom. The summed E-state index contributed by atoms with van der Waals surface area (Å²) in [4.78, 5) is 0. The highest BCUT2D eigenvalue weighted by Gasteiger charge is 2.27. The number of rotatable bonds is 3. The minimum absolute atomic E-state index is 0.339. The molecule has 0 spiro atoms. The number of hydrogen-bond acceptors (Lipinski definition) is 4. The normalized spacial score (nSPS) is 20.6. The first-order valence-corrected chi connectivity index (χ1v) is 5.15. The Balaban J connectivity index is 2.31. The lowest BCUT2D eigenvalue weighted by molar-refractivity contribution is 0.289. The summed E-state index contributed by atoms with van der Waals surface area (Å²) in [6, 6.07) is 0.339. The smallest absolute Gasteiger partial charge is 0.259 e. The molecule has 1 aliphatic carbocycles. The second kappa shape index (κ2) is 4.00. The van der Waals surface area contributed by atoms with Gasteiger partial charge in [-0.1, -0.05) is 0 Å². The first-order chi connectivity index (χ1) is 6.86. The third kappa shape index (κ3) is 1.50. The molecule has 0 amide bonds. The van der Waals surface area contributed by atoms with Gasteiger partial charge in [0.05, 0.1) is 12.2 Å². The molecule has 0 aromatic carbocycles. The first-order valence-electron chi connectivity index (χ1n) is 5.15. The van der Waals surface area contributed by atoms with E-state index in [2.05, 4.69) is 10.5 Å². The molecular formula is C10H16N2O2. The Kier molecular flexibility index (Phi) is 2.72. The van der Waals surface area contributed by atoms with Gasteiger partial charge in [-0.15, -0.1) is 0 Å². The second-order valence-corrected chi connectivity index (χ2v) is 3.49. The number of aryl methyl sites for hydroxylation is 1. The first kappa shape index (κ1) is 9.52. The summed E-state index contributed by atoms with van der Waals surface area (Å²) in [5, 5.41) is 7.21. The molecule has 78 valence electrons. The van der Waals surface area contributed by atoms with Crippen LogP contribution in [0, 0.1) is 0 Å². The van der Waals surface area contributed by atoms with E-state index in [1.165, 1.54) is 0 Å². The average molecular weight is 196 g/mol. The van der Waals surface area contributed by atoms with Gasteiger partial charge in [0.15, 0.2) is 0 Å². The molecule has 14 heavy (non-hydrogen) atoms. The summed E-state index contributed by atoms with van der Waals surface area (Å²) in [5.41, 5.74) is 1.13. The third-order valence-electron chi connectivity index (χ3n) is 2.64. The zero-order chi connectivity index (χ0) is 9.97. The van der Waals surface area contributed by atoms with E-state index in [4.69, 9.17) is 9.26 Å². The highest BCUT2D eigenvalue weighted by molar-refractivity contribution is 5.33. The summed E-state index contributed by atoms with van der Waals surface area (Å²) in [6.07, 6.45) is 3.26. The van der Waals surface area contributed by atoms with Crippen molar-refractivity contribution in [1.29, 1.82) is 0 Å². The van der Waals surface area contributed by atoms with Crippen LogP contribution in [-0.2, 0) is 6.42 Å². The van der Waals surface area contributed by atoms with Crippen molar-refractivity contribution in [2.45, 2.75) is 32.2 Å². The van der Waals surface area contributed by atoms with Crippen LogP contribution in [0.4, 0.5) is 0 Å². The Morgan fingerprint density at radius 2 is 2.50 bits per heavy atom. The van der Waals surface area contributed by atoms with Crippen LogP contribution in [-0.4, -0.2) is 18.8 Å². The van der Waals surface area contributed by atoms with Gasteiger partial charge in [0.2, 0.25) is 0 Å². The molecule has 1 N–H and O–H groups in total. The Morgan fingerprint density at radius 1 is 1.64 bits per heavy atom. The van der Waals surface area contributed by atoms with Crippen molar-refractivity contribution in [2.75, 3.05) is 13.7 Å². The molecule has 0 saturated heterocycles. The maximum Gasteiger partial charge on any atom is 0.259 e. The summed E-state index contributed by atoms with van der Waals surface area (Å²) < 4.78 is 10.7. The lowest BCUT2D eigenvalue weighted by Gasteiger charge is -2.20. The highest BCUT2D eigenvalue weighted by Crippen LogP contribution is 2.35. The van der Waals surface area contributed by atoms with Crippen molar-refractivity contribution in [3.63, 3.8) is 0 Å². The van der Waals surface area contributed by atoms with Gasteiger partial charge in [0, 0.05) is 12.5 Å². The van der Waals surface area contributed by atoms with Crippen LogP contribution in [0.3, 0.4) is 0 Å². The predicted molar refractivity (Wildman–Crippen MR) is 52.4 cm³/mol. The molecule has 1 aromatic heterocycles. The fourth-order valence-corrected chi connectivity index (χ4v) is 1.98. The zero-order valence-corrected chi connectivity index (χ0v) is 8.67. The van der Waals surface area contributed by atoms with Gasteiger partial charge in [-0.3, -0.25) is 0 Å². The lowest BCUT2D eigenvalue weighted by Crippen LogP contribution is -2.21. The maximum absolute atomic E-state index is 5.43. The molecule has 1 atom stereocenters. The molecule has 0 radical (unpaired) electrons. The van der Waals surface area contributed by atoms with Gasteiger partial charge in [-0.05, 0) is 32.0 Å². The molecule has 0 fully saturated rings. The fraction of sp³-hybridized carbons (Fsp3) is 0.700. The number of aromatic nitrogens is 1. The van der Waals surface area contributed by atoms with E-state index in [1.54, 1.807) is 0 Å². The van der Waals surface area contributed by atoms with Gasteiger partial charge >= 0.3 is 0 Å². The highest BCUT2D eigenvalue weighted by atomic mass is 16.5. The molecule has 1 aromatic rings. The van der Waals surface area contributed by atoms with Crippen molar-refractivity contribution in [2.24, 2.45) is 0 Å². The van der Waals surface area contributed by atoms with Gasteiger partial charge in [0.25, 0.3) is 5.88 Å². The molecular weight excluding hydrogens is 180 g/mol. The second-order valence-electron chi connectivity index (χ2n) is 3.49. The van der Waals surface area contributed by atoms with Crippen LogP contribution in [0.1, 0.15) is 37.1 Å². The van der Waals surface area contributed by atoms with E-state index >= 15 is 0 Å². The van der Waals surface area contributed by atoms with E-state index in [0.717, 1.165) is 30.6 Å². The molecule has 2 rings (SSSR count). The Labute approximate surface area is 83.6 Å². The molecule has 0 aliphatic heterocycles. The van der Waals surface area contributed by atoms with Crippen LogP contribution < -0.4 is 10.1 Å². The number of hydrogen-bond donors (Lipinski definition) is 1. The van der Waals surface area contributed by atoms with Crippen molar-refractivity contribution in [3.05, 3.63) is 11.3 Å². The molecule has 0 saturated carbocycles. The monoisotopic (exact) mass is 196 g/mol. The predicted octanol–water partition coefficient (Wildman–Crippen LogP) is 1.67. The van der Waals surface area contributed by atoms with Gasteiger partial charge in [-0.25, -0.2) is 0 Å². The molecule has 1 unspecified atom stereocenters. The van der Waals surface area contributed by atoms with Gasteiger partial charge in [0.1, 0.15) is 5.76 Å². The van der Waals surface area contributed by atoms with Crippen LogP contribution in [0.15, 0.2) is 4.52 Å². The Bertz CT molecular complexity index is 309. The average Bonchev–Trinajstić information content (AvgIpc) is 2.62. The number of ether oxygens (including phenoxy) is 1. The van der Waals surface area contributed by atoms with Crippen molar-refractivity contribution < 1.29 is 9.26 Å². The van der Waals surface area contributed by atoms with E-state index in [-0.39, 0.29) is 0 Å². The van der Waals surface area contributed by atoms with Crippen LogP contribution in [0.5, 0.6) is 5.88 Å². The van der Waals surface area contributed by atoms with Crippen molar-refractivity contribution in [1.82, 2.24) is 10.5 Å². The van der Waals surface area contributed by atoms with Crippen LogP contribution >= 0.6 is 0 Å². The standard InChI is InChI=1S/C10H16N2O2/c1-3-13-10-9-7(11-2)5-4-6-8(9)14-12-10/h7,11H,3-6H2,1-2H3. The van der Waals surface area contributed by atoms with E-state index in [9.17, 15) is 0 Å².